The van der Waals surface area contributed by atoms with Crippen LogP contribution in [0.5, 0.6) is 5.75 Å². The monoisotopic (exact) mass is 404 g/mol. The Morgan fingerprint density at radius 1 is 1.10 bits per heavy atom. The third kappa shape index (κ3) is 4.03. The SMILES string of the molecule is CC(C)[C@H](NC(=O)COc1cccc(-n2cnnc2)c1)c1nc2ccccc2n1C. The fraction of sp³-hybridized carbons (Fsp3) is 0.273. The molecule has 0 saturated heterocycles. The van der Waals surface area contributed by atoms with Crippen LogP contribution in [0.4, 0.5) is 0 Å². The van der Waals surface area contributed by atoms with Gasteiger partial charge in [-0.2, -0.15) is 0 Å². The highest BCUT2D eigenvalue weighted by Gasteiger charge is 2.24. The first-order chi connectivity index (χ1) is 14.5. The summed E-state index contributed by atoms with van der Waals surface area (Å²) in [6.07, 6.45) is 3.21. The summed E-state index contributed by atoms with van der Waals surface area (Å²) < 4.78 is 9.52. The molecule has 0 unspecified atom stereocenters. The minimum absolute atomic E-state index is 0.0845. The molecule has 1 amide bonds. The maximum absolute atomic E-state index is 12.6. The summed E-state index contributed by atoms with van der Waals surface area (Å²) >= 11 is 0. The first-order valence-electron chi connectivity index (χ1n) is 9.81. The van der Waals surface area contributed by atoms with E-state index in [0.29, 0.717) is 5.75 Å². The Labute approximate surface area is 174 Å². The molecule has 154 valence electrons. The third-order valence-corrected chi connectivity index (χ3v) is 4.99. The van der Waals surface area contributed by atoms with Crippen LogP contribution in [0.1, 0.15) is 25.7 Å². The van der Waals surface area contributed by atoms with E-state index in [9.17, 15) is 4.79 Å². The average molecular weight is 404 g/mol. The second-order valence-electron chi connectivity index (χ2n) is 7.46. The van der Waals surface area contributed by atoms with E-state index < -0.39 is 0 Å². The lowest BCUT2D eigenvalue weighted by atomic mass is 10.0. The lowest BCUT2D eigenvalue weighted by Crippen LogP contribution is -2.36. The normalized spacial score (nSPS) is 12.3. The summed E-state index contributed by atoms with van der Waals surface area (Å²) in [4.78, 5) is 17.4. The largest absolute Gasteiger partial charge is 0.484 e. The smallest absolute Gasteiger partial charge is 0.258 e. The molecule has 4 aromatic rings. The molecule has 0 saturated carbocycles. The molecule has 0 bridgehead atoms. The highest BCUT2D eigenvalue weighted by Crippen LogP contribution is 2.25. The van der Waals surface area contributed by atoms with Gasteiger partial charge in [0.1, 0.15) is 24.2 Å². The Bertz CT molecular complexity index is 1150. The third-order valence-electron chi connectivity index (χ3n) is 4.99. The Morgan fingerprint density at radius 2 is 1.87 bits per heavy atom. The van der Waals surface area contributed by atoms with Crippen molar-refractivity contribution in [1.29, 1.82) is 0 Å². The van der Waals surface area contributed by atoms with Crippen LogP contribution in [-0.4, -0.2) is 36.8 Å². The van der Waals surface area contributed by atoms with Crippen LogP contribution < -0.4 is 10.1 Å². The van der Waals surface area contributed by atoms with Gasteiger partial charge in [0.05, 0.1) is 22.8 Å². The van der Waals surface area contributed by atoms with E-state index in [1.807, 2.05) is 60.1 Å². The van der Waals surface area contributed by atoms with Gasteiger partial charge in [0.25, 0.3) is 5.91 Å². The van der Waals surface area contributed by atoms with E-state index in [4.69, 9.17) is 9.72 Å². The van der Waals surface area contributed by atoms with Gasteiger partial charge in [-0.05, 0) is 30.2 Å². The molecule has 0 spiro atoms. The summed E-state index contributed by atoms with van der Waals surface area (Å²) in [6, 6.07) is 15.1. The Balaban J connectivity index is 1.45. The summed E-state index contributed by atoms with van der Waals surface area (Å²) in [5, 5.41) is 10.7. The van der Waals surface area contributed by atoms with Gasteiger partial charge in [-0.15, -0.1) is 10.2 Å². The van der Waals surface area contributed by atoms with Crippen molar-refractivity contribution < 1.29 is 9.53 Å². The van der Waals surface area contributed by atoms with Gasteiger partial charge in [0.2, 0.25) is 0 Å². The molecule has 30 heavy (non-hydrogen) atoms. The molecular weight excluding hydrogens is 380 g/mol. The number of ether oxygens (including phenoxy) is 1. The fourth-order valence-corrected chi connectivity index (χ4v) is 3.40. The molecule has 8 heteroatoms. The predicted molar refractivity (Wildman–Crippen MR) is 113 cm³/mol. The number of aryl methyl sites for hydroxylation is 1. The molecule has 2 aromatic carbocycles. The van der Waals surface area contributed by atoms with Crippen molar-refractivity contribution in [1.82, 2.24) is 29.6 Å². The van der Waals surface area contributed by atoms with Crippen molar-refractivity contribution in [3.8, 4) is 11.4 Å². The summed E-state index contributed by atoms with van der Waals surface area (Å²) in [6.45, 7) is 4.04. The van der Waals surface area contributed by atoms with Crippen molar-refractivity contribution >= 4 is 16.9 Å². The molecule has 0 aliphatic heterocycles. The molecule has 1 N–H and O–H groups in total. The summed E-state index contributed by atoms with van der Waals surface area (Å²) in [5.74, 6) is 1.39. The molecule has 4 rings (SSSR count). The quantitative estimate of drug-likeness (QED) is 0.512. The molecule has 0 aliphatic rings. The van der Waals surface area contributed by atoms with Gasteiger partial charge >= 0.3 is 0 Å². The van der Waals surface area contributed by atoms with Crippen LogP contribution in [0.25, 0.3) is 16.7 Å². The second kappa shape index (κ2) is 8.36. The van der Waals surface area contributed by atoms with Crippen molar-refractivity contribution in [2.45, 2.75) is 19.9 Å². The van der Waals surface area contributed by atoms with Crippen molar-refractivity contribution in [3.05, 3.63) is 67.0 Å². The van der Waals surface area contributed by atoms with Gasteiger partial charge in [-0.1, -0.05) is 32.0 Å². The van der Waals surface area contributed by atoms with Crippen LogP contribution in [0.3, 0.4) is 0 Å². The van der Waals surface area contributed by atoms with Gasteiger partial charge in [0.15, 0.2) is 6.61 Å². The molecule has 0 fully saturated rings. The average Bonchev–Trinajstić information content (AvgIpc) is 3.40. The standard InChI is InChI=1S/C22H24N6O2/c1-15(2)21(22-25-18-9-4-5-10-19(18)27(22)3)26-20(29)12-30-17-8-6-7-16(11-17)28-13-23-24-14-28/h4-11,13-15,21H,12H2,1-3H3,(H,26,29)/t21-/m0/s1. The maximum Gasteiger partial charge on any atom is 0.258 e. The molecule has 0 aliphatic carbocycles. The predicted octanol–water partition coefficient (Wildman–Crippen LogP) is 3.05. The first kappa shape index (κ1) is 19.6. The molecule has 1 atom stereocenters. The summed E-state index contributed by atoms with van der Waals surface area (Å²) in [5.41, 5.74) is 2.81. The minimum atomic E-state index is -0.221. The van der Waals surface area contributed by atoms with E-state index in [2.05, 4.69) is 29.4 Å². The number of fused-ring (bicyclic) bond motifs is 1. The van der Waals surface area contributed by atoms with Crippen molar-refractivity contribution in [3.63, 3.8) is 0 Å². The molecule has 8 nitrogen and oxygen atoms in total. The lowest BCUT2D eigenvalue weighted by molar-refractivity contribution is -0.124. The first-order valence-corrected chi connectivity index (χ1v) is 9.81. The lowest BCUT2D eigenvalue weighted by Gasteiger charge is -2.22. The van der Waals surface area contributed by atoms with Crippen molar-refractivity contribution in [2.75, 3.05) is 6.61 Å². The highest BCUT2D eigenvalue weighted by atomic mass is 16.5. The van der Waals surface area contributed by atoms with Gasteiger partial charge < -0.3 is 14.6 Å². The number of amides is 1. The van der Waals surface area contributed by atoms with Crippen LogP contribution >= 0.6 is 0 Å². The van der Waals surface area contributed by atoms with Crippen LogP contribution in [-0.2, 0) is 11.8 Å². The van der Waals surface area contributed by atoms with Crippen LogP contribution in [0.2, 0.25) is 0 Å². The van der Waals surface area contributed by atoms with E-state index in [-0.39, 0.29) is 24.5 Å². The zero-order chi connectivity index (χ0) is 21.1. The van der Waals surface area contributed by atoms with Gasteiger partial charge in [-0.25, -0.2) is 4.98 Å². The van der Waals surface area contributed by atoms with E-state index >= 15 is 0 Å². The summed E-state index contributed by atoms with van der Waals surface area (Å²) in [7, 11) is 1.97. The zero-order valence-corrected chi connectivity index (χ0v) is 17.2. The number of rotatable bonds is 7. The van der Waals surface area contributed by atoms with Crippen LogP contribution in [0, 0.1) is 5.92 Å². The van der Waals surface area contributed by atoms with Gasteiger partial charge in [0, 0.05) is 13.1 Å². The number of aromatic nitrogens is 5. The number of imidazole rings is 1. The number of benzene rings is 2. The number of hydrogen-bond acceptors (Lipinski definition) is 5. The number of carbonyl (C=O) groups is 1. The topological polar surface area (TPSA) is 86.9 Å². The number of nitrogens with zero attached hydrogens (tertiary/aromatic N) is 5. The van der Waals surface area contributed by atoms with Crippen LogP contribution in [0.15, 0.2) is 61.2 Å². The minimum Gasteiger partial charge on any atom is -0.484 e. The number of nitrogens with one attached hydrogen (secondary N) is 1. The number of carbonyl (C=O) groups excluding carboxylic acids is 1. The van der Waals surface area contributed by atoms with E-state index in [1.165, 1.54) is 0 Å². The Morgan fingerprint density at radius 3 is 2.60 bits per heavy atom. The Hall–Kier alpha value is -3.68. The number of para-hydroxylation sites is 2. The molecule has 0 radical (unpaired) electrons. The Kier molecular flexibility index (Phi) is 5.47. The maximum atomic E-state index is 12.6. The zero-order valence-electron chi connectivity index (χ0n) is 17.2. The second-order valence-corrected chi connectivity index (χ2v) is 7.46. The number of hydrogen-bond donors (Lipinski definition) is 1. The molecule has 2 aromatic heterocycles. The fourth-order valence-electron chi connectivity index (χ4n) is 3.40. The van der Waals surface area contributed by atoms with Crippen molar-refractivity contribution in [2.24, 2.45) is 13.0 Å². The molecule has 2 heterocycles. The highest BCUT2D eigenvalue weighted by molar-refractivity contribution is 5.79. The van der Waals surface area contributed by atoms with E-state index in [0.717, 1.165) is 22.5 Å². The van der Waals surface area contributed by atoms with E-state index in [1.54, 1.807) is 17.2 Å². The van der Waals surface area contributed by atoms with Gasteiger partial charge in [-0.3, -0.25) is 9.36 Å². The molecular formula is C22H24N6O2.